The average Bonchev–Trinajstić information content (AvgIpc) is 2.74. The third kappa shape index (κ3) is 3.92. The van der Waals surface area contributed by atoms with Crippen LogP contribution in [0.3, 0.4) is 0 Å². The van der Waals surface area contributed by atoms with E-state index in [1.165, 1.54) is 7.11 Å². The number of carbonyl (C=O) groups excluding carboxylic acids is 1. The van der Waals surface area contributed by atoms with E-state index in [4.69, 9.17) is 4.74 Å². The molecule has 0 saturated carbocycles. The molecule has 1 aromatic heterocycles. The summed E-state index contributed by atoms with van der Waals surface area (Å²) in [6, 6.07) is 18.2. The van der Waals surface area contributed by atoms with Crippen molar-refractivity contribution in [1.29, 1.82) is 0 Å². The van der Waals surface area contributed by atoms with E-state index < -0.39 is 0 Å². The number of nitrogens with one attached hydrogen (secondary N) is 1. The molecule has 0 saturated heterocycles. The third-order valence-electron chi connectivity index (χ3n) is 5.12. The molecule has 6 nitrogen and oxygen atoms in total. The van der Waals surface area contributed by atoms with Gasteiger partial charge in [0.2, 0.25) is 0 Å². The summed E-state index contributed by atoms with van der Waals surface area (Å²) in [7, 11) is 1.53. The number of nitrogens with zero attached hydrogens (tertiary/aromatic N) is 2. The van der Waals surface area contributed by atoms with Crippen LogP contribution in [-0.4, -0.2) is 22.6 Å². The van der Waals surface area contributed by atoms with Gasteiger partial charge in [-0.3, -0.25) is 14.2 Å². The van der Waals surface area contributed by atoms with E-state index in [0.717, 1.165) is 11.1 Å². The first-order chi connectivity index (χ1) is 14.9. The summed E-state index contributed by atoms with van der Waals surface area (Å²) in [6.45, 7) is 5.70. The highest BCUT2D eigenvalue weighted by Gasteiger charge is 2.14. The number of carbonyl (C=O) groups is 1. The lowest BCUT2D eigenvalue weighted by molar-refractivity contribution is 0.102. The summed E-state index contributed by atoms with van der Waals surface area (Å²) in [5.41, 5.74) is 4.26. The highest BCUT2D eigenvalue weighted by Crippen LogP contribution is 2.28. The standard InChI is InChI=1S/C25H23N3O3/c1-15-11-16(2)13-18(12-15)24(29)27-22-10-9-19(14-23(22)31-4)28-17(3)26-21-8-6-5-7-20(21)25(28)30/h5-14H,1-4H3,(H,27,29). The summed E-state index contributed by atoms with van der Waals surface area (Å²) >= 11 is 0. The van der Waals surface area contributed by atoms with Gasteiger partial charge in [0.25, 0.3) is 11.5 Å². The maximum atomic E-state index is 13.1. The summed E-state index contributed by atoms with van der Waals surface area (Å²) in [5.74, 6) is 0.797. The van der Waals surface area contributed by atoms with E-state index in [-0.39, 0.29) is 11.5 Å². The first-order valence-corrected chi connectivity index (χ1v) is 9.94. The monoisotopic (exact) mass is 413 g/mol. The summed E-state index contributed by atoms with van der Waals surface area (Å²) in [6.07, 6.45) is 0. The number of ether oxygens (including phenoxy) is 1. The van der Waals surface area contributed by atoms with Crippen LogP contribution in [0.2, 0.25) is 0 Å². The predicted molar refractivity (Wildman–Crippen MR) is 122 cm³/mol. The first kappa shape index (κ1) is 20.3. The van der Waals surface area contributed by atoms with E-state index in [1.807, 2.05) is 50.2 Å². The molecule has 1 amide bonds. The van der Waals surface area contributed by atoms with E-state index in [1.54, 1.807) is 35.8 Å². The molecule has 0 atom stereocenters. The van der Waals surface area contributed by atoms with Gasteiger partial charge in [-0.25, -0.2) is 4.98 Å². The minimum absolute atomic E-state index is 0.155. The maximum Gasteiger partial charge on any atom is 0.265 e. The van der Waals surface area contributed by atoms with Gasteiger partial charge < -0.3 is 10.1 Å². The first-order valence-electron chi connectivity index (χ1n) is 9.94. The molecule has 1 N–H and O–H groups in total. The van der Waals surface area contributed by atoms with Crippen molar-refractivity contribution in [1.82, 2.24) is 9.55 Å². The van der Waals surface area contributed by atoms with Crippen molar-refractivity contribution in [2.75, 3.05) is 12.4 Å². The van der Waals surface area contributed by atoms with Crippen LogP contribution in [0.1, 0.15) is 27.3 Å². The maximum absolute atomic E-state index is 13.1. The van der Waals surface area contributed by atoms with Crippen molar-refractivity contribution in [2.24, 2.45) is 0 Å². The quantitative estimate of drug-likeness (QED) is 0.532. The molecular weight excluding hydrogens is 390 g/mol. The highest BCUT2D eigenvalue weighted by atomic mass is 16.5. The normalized spacial score (nSPS) is 10.8. The Morgan fingerprint density at radius 2 is 1.68 bits per heavy atom. The van der Waals surface area contributed by atoms with Gasteiger partial charge in [-0.15, -0.1) is 0 Å². The van der Waals surface area contributed by atoms with Crippen molar-refractivity contribution < 1.29 is 9.53 Å². The van der Waals surface area contributed by atoms with Crippen LogP contribution in [0.4, 0.5) is 5.69 Å². The number of rotatable bonds is 4. The fraction of sp³-hybridized carbons (Fsp3) is 0.160. The van der Waals surface area contributed by atoms with Crippen molar-refractivity contribution >= 4 is 22.5 Å². The van der Waals surface area contributed by atoms with Crippen LogP contribution in [-0.2, 0) is 0 Å². The molecule has 4 rings (SSSR count). The largest absolute Gasteiger partial charge is 0.494 e. The van der Waals surface area contributed by atoms with E-state index >= 15 is 0 Å². The van der Waals surface area contributed by atoms with Crippen molar-refractivity contribution in [3.8, 4) is 11.4 Å². The van der Waals surface area contributed by atoms with Crippen LogP contribution in [0, 0.1) is 20.8 Å². The Balaban J connectivity index is 1.73. The van der Waals surface area contributed by atoms with Crippen molar-refractivity contribution in [2.45, 2.75) is 20.8 Å². The number of fused-ring (bicyclic) bond motifs is 1. The number of para-hydroxylation sites is 1. The molecule has 31 heavy (non-hydrogen) atoms. The Morgan fingerprint density at radius 1 is 0.968 bits per heavy atom. The van der Waals surface area contributed by atoms with Gasteiger partial charge in [0.15, 0.2) is 0 Å². The second kappa shape index (κ2) is 8.07. The van der Waals surface area contributed by atoms with E-state index in [9.17, 15) is 9.59 Å². The minimum atomic E-state index is -0.224. The smallest absolute Gasteiger partial charge is 0.265 e. The number of anilines is 1. The van der Waals surface area contributed by atoms with Crippen LogP contribution < -0.4 is 15.6 Å². The SMILES string of the molecule is COc1cc(-n2c(C)nc3ccccc3c2=O)ccc1NC(=O)c1cc(C)cc(C)c1. The molecule has 0 aliphatic heterocycles. The zero-order chi connectivity index (χ0) is 22.1. The molecule has 1 heterocycles. The van der Waals surface area contributed by atoms with Gasteiger partial charge in [-0.05, 0) is 57.2 Å². The highest BCUT2D eigenvalue weighted by molar-refractivity contribution is 6.05. The number of aromatic nitrogens is 2. The molecule has 0 unspecified atom stereocenters. The number of hydrogen-bond acceptors (Lipinski definition) is 4. The number of benzene rings is 3. The third-order valence-corrected chi connectivity index (χ3v) is 5.12. The predicted octanol–water partition coefficient (Wildman–Crippen LogP) is 4.57. The molecule has 0 fully saturated rings. The summed E-state index contributed by atoms with van der Waals surface area (Å²) in [4.78, 5) is 30.4. The molecule has 0 aliphatic carbocycles. The van der Waals surface area contributed by atoms with Gasteiger partial charge in [0.05, 0.1) is 29.4 Å². The lowest BCUT2D eigenvalue weighted by Gasteiger charge is -2.15. The zero-order valence-corrected chi connectivity index (χ0v) is 17.9. The van der Waals surface area contributed by atoms with Crippen molar-refractivity contribution in [3.05, 3.63) is 93.5 Å². The van der Waals surface area contributed by atoms with Gasteiger partial charge in [0, 0.05) is 11.6 Å². The van der Waals surface area contributed by atoms with Crippen LogP contribution in [0.15, 0.2) is 65.5 Å². The molecule has 0 aliphatic rings. The topological polar surface area (TPSA) is 73.2 Å². The van der Waals surface area contributed by atoms with Gasteiger partial charge in [0.1, 0.15) is 11.6 Å². The Morgan fingerprint density at radius 3 is 2.39 bits per heavy atom. The second-order valence-electron chi connectivity index (χ2n) is 7.53. The molecule has 156 valence electrons. The lowest BCUT2D eigenvalue weighted by atomic mass is 10.1. The Hall–Kier alpha value is -3.93. The average molecular weight is 413 g/mol. The van der Waals surface area contributed by atoms with Crippen LogP contribution in [0.25, 0.3) is 16.6 Å². The Bertz CT molecular complexity index is 1350. The Kier molecular flexibility index (Phi) is 5.29. The van der Waals surface area contributed by atoms with Gasteiger partial charge in [-0.2, -0.15) is 0 Å². The molecule has 4 aromatic rings. The van der Waals surface area contributed by atoms with Gasteiger partial charge in [-0.1, -0.05) is 29.3 Å². The number of methoxy groups -OCH3 is 1. The number of aryl methyl sites for hydroxylation is 3. The fourth-order valence-corrected chi connectivity index (χ4v) is 3.77. The molecule has 0 bridgehead atoms. The van der Waals surface area contributed by atoms with E-state index in [0.29, 0.717) is 39.4 Å². The van der Waals surface area contributed by atoms with Gasteiger partial charge >= 0.3 is 0 Å². The molecule has 6 heteroatoms. The second-order valence-corrected chi connectivity index (χ2v) is 7.53. The lowest BCUT2D eigenvalue weighted by Crippen LogP contribution is -2.22. The van der Waals surface area contributed by atoms with E-state index in [2.05, 4.69) is 10.3 Å². The zero-order valence-electron chi connectivity index (χ0n) is 17.9. The van der Waals surface area contributed by atoms with Crippen molar-refractivity contribution in [3.63, 3.8) is 0 Å². The fourth-order valence-electron chi connectivity index (χ4n) is 3.77. The number of hydrogen-bond donors (Lipinski definition) is 1. The molecule has 3 aromatic carbocycles. The molecule has 0 radical (unpaired) electrons. The summed E-state index contributed by atoms with van der Waals surface area (Å²) in [5, 5.41) is 3.44. The van der Waals surface area contributed by atoms with Crippen LogP contribution in [0.5, 0.6) is 5.75 Å². The molecular formula is C25H23N3O3. The Labute approximate surface area is 180 Å². The summed E-state index contributed by atoms with van der Waals surface area (Å²) < 4.78 is 7.05. The minimum Gasteiger partial charge on any atom is -0.494 e. The molecule has 0 spiro atoms. The number of amides is 1. The van der Waals surface area contributed by atoms with Crippen LogP contribution >= 0.6 is 0 Å².